The van der Waals surface area contributed by atoms with Crippen molar-refractivity contribution in [2.75, 3.05) is 23.4 Å². The Bertz CT molecular complexity index is 981. The minimum absolute atomic E-state index is 0.0362. The molecule has 1 aromatic carbocycles. The third kappa shape index (κ3) is 3.02. The van der Waals surface area contributed by atoms with Crippen molar-refractivity contribution < 1.29 is 14.3 Å². The highest BCUT2D eigenvalue weighted by atomic mass is 32.1. The summed E-state index contributed by atoms with van der Waals surface area (Å²) >= 11 is 1.50. The Labute approximate surface area is 179 Å². The molecule has 7 heteroatoms. The summed E-state index contributed by atoms with van der Waals surface area (Å²) in [6.45, 7) is -0.0802. The van der Waals surface area contributed by atoms with Gasteiger partial charge in [-0.25, -0.2) is 4.98 Å². The van der Waals surface area contributed by atoms with Crippen LogP contribution in [0.3, 0.4) is 0 Å². The van der Waals surface area contributed by atoms with Crippen molar-refractivity contribution in [3.05, 3.63) is 35.3 Å². The first kappa shape index (κ1) is 18.4. The molecule has 0 radical (unpaired) electrons. The average molecular weight is 424 g/mol. The van der Waals surface area contributed by atoms with E-state index in [1.807, 2.05) is 18.2 Å². The first-order valence-electron chi connectivity index (χ1n) is 10.9. The van der Waals surface area contributed by atoms with Crippen LogP contribution in [0.4, 0.5) is 10.8 Å². The van der Waals surface area contributed by atoms with E-state index in [1.165, 1.54) is 60.5 Å². The van der Waals surface area contributed by atoms with Gasteiger partial charge in [0.15, 0.2) is 11.7 Å². The molecular formula is C23H25N3O3S. The summed E-state index contributed by atoms with van der Waals surface area (Å²) in [7, 11) is 0. The number of aromatic nitrogens is 1. The second-order valence-electron chi connectivity index (χ2n) is 9.52. The maximum Gasteiger partial charge on any atom is 0.265 e. The van der Waals surface area contributed by atoms with Gasteiger partial charge in [0.25, 0.3) is 5.91 Å². The highest BCUT2D eigenvalue weighted by molar-refractivity contribution is 7.14. The SMILES string of the molecule is O=C(CN1C(=O)COc2ccccc21)Nc1nc(C23CC4CC(CC(C4)C2)C3)cs1. The zero-order valence-corrected chi connectivity index (χ0v) is 17.6. The number of thiazole rings is 1. The first-order chi connectivity index (χ1) is 14.6. The predicted octanol–water partition coefficient (Wildman–Crippen LogP) is 3.98. The lowest BCUT2D eigenvalue weighted by molar-refractivity contribution is -0.123. The van der Waals surface area contributed by atoms with E-state index in [4.69, 9.17) is 9.72 Å². The van der Waals surface area contributed by atoms with Crippen molar-refractivity contribution >= 4 is 34.0 Å². The van der Waals surface area contributed by atoms with Gasteiger partial charge in [0.2, 0.25) is 5.91 Å². The summed E-state index contributed by atoms with van der Waals surface area (Å²) in [5, 5.41) is 5.72. The van der Waals surface area contributed by atoms with E-state index in [2.05, 4.69) is 10.7 Å². The highest BCUT2D eigenvalue weighted by Gasteiger charge is 2.52. The molecule has 7 rings (SSSR count). The third-order valence-electron chi connectivity index (χ3n) is 7.44. The van der Waals surface area contributed by atoms with E-state index >= 15 is 0 Å². The molecule has 4 aliphatic carbocycles. The molecule has 0 unspecified atom stereocenters. The normalized spacial score (nSPS) is 31.4. The molecule has 2 amide bonds. The number of carbonyl (C=O) groups excluding carboxylic acids is 2. The van der Waals surface area contributed by atoms with Crippen LogP contribution in [-0.2, 0) is 15.0 Å². The molecule has 1 aliphatic heterocycles. The van der Waals surface area contributed by atoms with Crippen LogP contribution in [0.15, 0.2) is 29.6 Å². The van der Waals surface area contributed by atoms with E-state index in [9.17, 15) is 9.59 Å². The van der Waals surface area contributed by atoms with Crippen molar-refractivity contribution in [2.45, 2.75) is 43.9 Å². The van der Waals surface area contributed by atoms with Crippen LogP contribution in [-0.4, -0.2) is 29.9 Å². The Morgan fingerprint density at radius 3 is 2.60 bits per heavy atom. The van der Waals surface area contributed by atoms with Crippen LogP contribution >= 0.6 is 11.3 Å². The average Bonchev–Trinajstić information content (AvgIpc) is 3.18. The molecule has 1 aromatic heterocycles. The zero-order valence-electron chi connectivity index (χ0n) is 16.8. The molecule has 1 N–H and O–H groups in total. The van der Waals surface area contributed by atoms with Crippen molar-refractivity contribution in [1.29, 1.82) is 0 Å². The zero-order chi connectivity index (χ0) is 20.3. The summed E-state index contributed by atoms with van der Waals surface area (Å²) in [6.07, 6.45) is 7.99. The van der Waals surface area contributed by atoms with E-state index in [0.717, 1.165) is 17.8 Å². The molecule has 4 saturated carbocycles. The number of anilines is 2. The van der Waals surface area contributed by atoms with Gasteiger partial charge in [0, 0.05) is 10.8 Å². The Morgan fingerprint density at radius 2 is 1.87 bits per heavy atom. The Morgan fingerprint density at radius 1 is 1.17 bits per heavy atom. The second kappa shape index (κ2) is 6.80. The van der Waals surface area contributed by atoms with Crippen LogP contribution < -0.4 is 15.0 Å². The highest BCUT2D eigenvalue weighted by Crippen LogP contribution is 2.60. The van der Waals surface area contributed by atoms with Crippen LogP contribution in [0.5, 0.6) is 5.75 Å². The van der Waals surface area contributed by atoms with Crippen LogP contribution in [0, 0.1) is 17.8 Å². The van der Waals surface area contributed by atoms with Crippen LogP contribution in [0.1, 0.15) is 44.2 Å². The number of amides is 2. The molecule has 0 saturated heterocycles. The molecule has 4 fully saturated rings. The Kier molecular flexibility index (Phi) is 4.17. The maximum atomic E-state index is 12.7. The summed E-state index contributed by atoms with van der Waals surface area (Å²) < 4.78 is 5.45. The minimum Gasteiger partial charge on any atom is -0.482 e. The molecule has 0 spiro atoms. The lowest BCUT2D eigenvalue weighted by Crippen LogP contribution is -2.48. The Hall–Kier alpha value is -2.41. The van der Waals surface area contributed by atoms with Crippen molar-refractivity contribution in [3.63, 3.8) is 0 Å². The number of nitrogens with zero attached hydrogens (tertiary/aromatic N) is 2. The van der Waals surface area contributed by atoms with Gasteiger partial charge in [-0.2, -0.15) is 0 Å². The lowest BCUT2D eigenvalue weighted by Gasteiger charge is -2.56. The van der Waals surface area contributed by atoms with Gasteiger partial charge in [-0.15, -0.1) is 11.3 Å². The molecule has 156 valence electrons. The van der Waals surface area contributed by atoms with Gasteiger partial charge in [-0.3, -0.25) is 14.5 Å². The largest absolute Gasteiger partial charge is 0.482 e. The van der Waals surface area contributed by atoms with E-state index in [1.54, 1.807) is 6.07 Å². The number of nitrogens with one attached hydrogen (secondary N) is 1. The quantitative estimate of drug-likeness (QED) is 0.808. The monoisotopic (exact) mass is 423 g/mol. The predicted molar refractivity (Wildman–Crippen MR) is 115 cm³/mol. The van der Waals surface area contributed by atoms with Crippen LogP contribution in [0.2, 0.25) is 0 Å². The summed E-state index contributed by atoms with van der Waals surface area (Å²) in [4.78, 5) is 31.4. The molecule has 2 aromatic rings. The van der Waals surface area contributed by atoms with Crippen LogP contribution in [0.25, 0.3) is 0 Å². The Balaban J connectivity index is 1.17. The number of carbonyl (C=O) groups is 2. The molecule has 4 bridgehead atoms. The molecule has 0 atom stereocenters. The number of ether oxygens (including phenoxy) is 1. The van der Waals surface area contributed by atoms with E-state index < -0.39 is 0 Å². The second-order valence-corrected chi connectivity index (χ2v) is 10.4. The molecule has 5 aliphatic rings. The van der Waals surface area contributed by atoms with Gasteiger partial charge < -0.3 is 10.1 Å². The topological polar surface area (TPSA) is 71.5 Å². The lowest BCUT2D eigenvalue weighted by atomic mass is 9.49. The van der Waals surface area contributed by atoms with Crippen molar-refractivity contribution in [3.8, 4) is 5.75 Å². The molecule has 30 heavy (non-hydrogen) atoms. The van der Waals surface area contributed by atoms with Gasteiger partial charge in [-0.1, -0.05) is 12.1 Å². The smallest absolute Gasteiger partial charge is 0.265 e. The standard InChI is InChI=1S/C23H25N3O3S/c27-20(11-26-17-3-1-2-4-18(17)29-12-21(26)28)25-22-24-19(13-30-22)23-8-14-5-15(9-23)7-16(6-14)10-23/h1-4,13-16H,5-12H2,(H,24,25,27). The number of para-hydroxylation sites is 2. The van der Waals surface area contributed by atoms with Gasteiger partial charge in [-0.05, 0) is 68.4 Å². The fraction of sp³-hybridized carbons (Fsp3) is 0.522. The maximum absolute atomic E-state index is 12.7. The number of rotatable bonds is 4. The minimum atomic E-state index is -0.230. The van der Waals surface area contributed by atoms with Crippen molar-refractivity contribution in [1.82, 2.24) is 4.98 Å². The first-order valence-corrected chi connectivity index (χ1v) is 11.7. The van der Waals surface area contributed by atoms with E-state index in [0.29, 0.717) is 16.6 Å². The number of hydrogen-bond donors (Lipinski definition) is 1. The fourth-order valence-electron chi connectivity index (χ4n) is 6.63. The fourth-order valence-corrected chi connectivity index (χ4v) is 7.48. The number of benzene rings is 1. The van der Waals surface area contributed by atoms with Gasteiger partial charge in [0.1, 0.15) is 12.3 Å². The van der Waals surface area contributed by atoms with Crippen molar-refractivity contribution in [2.24, 2.45) is 17.8 Å². The molecular weight excluding hydrogens is 398 g/mol. The summed E-state index contributed by atoms with van der Waals surface area (Å²) in [6, 6.07) is 7.30. The third-order valence-corrected chi connectivity index (χ3v) is 8.20. The summed E-state index contributed by atoms with van der Waals surface area (Å²) in [5.41, 5.74) is 2.04. The number of fused-ring (bicyclic) bond motifs is 1. The number of hydrogen-bond acceptors (Lipinski definition) is 5. The van der Waals surface area contributed by atoms with Gasteiger partial charge in [0.05, 0.1) is 11.4 Å². The summed E-state index contributed by atoms with van der Waals surface area (Å²) in [5.74, 6) is 2.78. The van der Waals surface area contributed by atoms with Gasteiger partial charge >= 0.3 is 0 Å². The molecule has 6 nitrogen and oxygen atoms in total. The molecule has 2 heterocycles. The van der Waals surface area contributed by atoms with E-state index in [-0.39, 0.29) is 30.4 Å².